The molecule has 5 aromatic carbocycles. The van der Waals surface area contributed by atoms with Crippen LogP contribution in [0.1, 0.15) is 11.1 Å². The Morgan fingerprint density at radius 2 is 0.833 bits per heavy atom. The minimum atomic E-state index is 0.394. The van der Waals surface area contributed by atoms with Crippen molar-refractivity contribution < 1.29 is 0 Å². The summed E-state index contributed by atoms with van der Waals surface area (Å²) < 4.78 is 0. The lowest BCUT2D eigenvalue weighted by Crippen LogP contribution is -1.92. The van der Waals surface area contributed by atoms with Crippen molar-refractivity contribution in [2.24, 2.45) is 0 Å². The lowest BCUT2D eigenvalue weighted by atomic mass is 9.89. The number of hydrogen-bond donors (Lipinski definition) is 0. The molecule has 2 heteroatoms. The first kappa shape index (κ1) is 17.7. The van der Waals surface area contributed by atoms with Gasteiger partial charge < -0.3 is 0 Å². The zero-order chi connectivity index (χ0) is 20.5. The molecule has 0 fully saturated rings. The summed E-state index contributed by atoms with van der Waals surface area (Å²) in [6.45, 7) is 0. The average Bonchev–Trinajstić information content (AvgIpc) is 2.82. The smallest absolute Gasteiger partial charge is 0.101 e. The van der Waals surface area contributed by atoms with E-state index in [-0.39, 0.29) is 0 Å². The van der Waals surface area contributed by atoms with E-state index in [1.165, 1.54) is 10.8 Å². The van der Waals surface area contributed by atoms with E-state index in [2.05, 4.69) is 72.8 Å². The van der Waals surface area contributed by atoms with E-state index in [4.69, 9.17) is 0 Å². The molecule has 5 rings (SSSR count). The van der Waals surface area contributed by atoms with E-state index in [9.17, 15) is 10.5 Å². The van der Waals surface area contributed by atoms with Gasteiger partial charge in [-0.3, -0.25) is 0 Å². The molecular weight excluding hydrogens is 364 g/mol. The Balaban J connectivity index is 1.80. The highest BCUT2D eigenvalue weighted by Gasteiger charge is 2.14. The van der Waals surface area contributed by atoms with Gasteiger partial charge in [-0.2, -0.15) is 10.5 Å². The van der Waals surface area contributed by atoms with Crippen LogP contribution in [-0.2, 0) is 0 Å². The van der Waals surface area contributed by atoms with E-state index in [1.54, 1.807) is 0 Å². The monoisotopic (exact) mass is 380 g/mol. The van der Waals surface area contributed by atoms with Gasteiger partial charge in [0.15, 0.2) is 0 Å². The van der Waals surface area contributed by atoms with E-state index >= 15 is 0 Å². The molecule has 0 saturated heterocycles. The molecule has 138 valence electrons. The lowest BCUT2D eigenvalue weighted by molar-refractivity contribution is 1.43. The maximum atomic E-state index is 9.59. The zero-order valence-electron chi connectivity index (χ0n) is 16.1. The van der Waals surface area contributed by atoms with Crippen molar-refractivity contribution >= 4 is 21.5 Å². The summed E-state index contributed by atoms with van der Waals surface area (Å²) in [5.41, 5.74) is 4.74. The SMILES string of the molecule is N#Cc1cc(-c2ccc3ccccc3c2)c(-c2ccc3ccccc3c2)cc1C#N. The highest BCUT2D eigenvalue weighted by Crippen LogP contribution is 2.37. The van der Waals surface area contributed by atoms with Gasteiger partial charge in [0, 0.05) is 0 Å². The largest absolute Gasteiger partial charge is 0.192 e. The van der Waals surface area contributed by atoms with Crippen LogP contribution < -0.4 is 0 Å². The first-order valence-corrected chi connectivity index (χ1v) is 9.73. The summed E-state index contributed by atoms with van der Waals surface area (Å²) in [5, 5.41) is 23.8. The first-order valence-electron chi connectivity index (χ1n) is 9.73. The fourth-order valence-electron chi connectivity index (χ4n) is 3.98. The van der Waals surface area contributed by atoms with Crippen LogP contribution in [0.3, 0.4) is 0 Å². The van der Waals surface area contributed by atoms with Crippen LogP contribution in [0, 0.1) is 22.7 Å². The normalized spacial score (nSPS) is 10.6. The molecule has 0 unspecified atom stereocenters. The molecule has 0 amide bonds. The molecular formula is C28H16N2. The van der Waals surface area contributed by atoms with E-state index in [0.717, 1.165) is 33.0 Å². The minimum Gasteiger partial charge on any atom is -0.192 e. The van der Waals surface area contributed by atoms with Crippen molar-refractivity contribution in [3.05, 3.63) is 108 Å². The molecule has 0 atom stereocenters. The molecule has 0 bridgehead atoms. The Bertz CT molecular complexity index is 1400. The number of nitriles is 2. The maximum absolute atomic E-state index is 9.59. The maximum Gasteiger partial charge on any atom is 0.101 e. The molecule has 30 heavy (non-hydrogen) atoms. The van der Waals surface area contributed by atoms with Crippen molar-refractivity contribution in [3.63, 3.8) is 0 Å². The van der Waals surface area contributed by atoms with E-state index in [0.29, 0.717) is 11.1 Å². The summed E-state index contributed by atoms with van der Waals surface area (Å²) in [7, 11) is 0. The molecule has 0 aliphatic rings. The standard InChI is InChI=1S/C28H16N2/c29-17-25-15-27(23-11-9-19-5-1-3-7-21(19)13-23)28(16-26(25)18-30)24-12-10-20-6-2-4-8-22(20)14-24/h1-16H. The van der Waals surface area contributed by atoms with E-state index in [1.807, 2.05) is 36.4 Å². The van der Waals surface area contributed by atoms with Crippen molar-refractivity contribution in [2.45, 2.75) is 0 Å². The van der Waals surface area contributed by atoms with Crippen molar-refractivity contribution in [1.82, 2.24) is 0 Å². The Hall–Kier alpha value is -4.40. The third kappa shape index (κ3) is 2.98. The number of fused-ring (bicyclic) bond motifs is 2. The Kier molecular flexibility index (Phi) is 4.25. The van der Waals surface area contributed by atoms with Gasteiger partial charge in [0.25, 0.3) is 0 Å². The Morgan fingerprint density at radius 1 is 0.433 bits per heavy atom. The van der Waals surface area contributed by atoms with Crippen molar-refractivity contribution in [1.29, 1.82) is 10.5 Å². The van der Waals surface area contributed by atoms with Gasteiger partial charge in [-0.1, -0.05) is 72.8 Å². The third-order valence-electron chi connectivity index (χ3n) is 5.52. The Morgan fingerprint density at radius 3 is 1.23 bits per heavy atom. The molecule has 0 aromatic heterocycles. The van der Waals surface area contributed by atoms with Gasteiger partial charge in [0.1, 0.15) is 12.1 Å². The van der Waals surface area contributed by atoms with Crippen LogP contribution in [0.5, 0.6) is 0 Å². The van der Waals surface area contributed by atoms with Gasteiger partial charge in [-0.05, 0) is 68.1 Å². The molecule has 2 nitrogen and oxygen atoms in total. The quantitative estimate of drug-likeness (QED) is 0.329. The second kappa shape index (κ2) is 7.21. The molecule has 0 radical (unpaired) electrons. The summed E-state index contributed by atoms with van der Waals surface area (Å²) >= 11 is 0. The number of benzene rings is 5. The van der Waals surface area contributed by atoms with Crippen LogP contribution in [0.15, 0.2) is 97.1 Å². The average molecular weight is 380 g/mol. The summed E-state index contributed by atoms with van der Waals surface area (Å²) in [5.74, 6) is 0. The minimum absolute atomic E-state index is 0.394. The second-order valence-corrected chi connectivity index (χ2v) is 7.29. The predicted molar refractivity (Wildman–Crippen MR) is 122 cm³/mol. The zero-order valence-corrected chi connectivity index (χ0v) is 16.1. The van der Waals surface area contributed by atoms with Crippen LogP contribution >= 0.6 is 0 Å². The van der Waals surface area contributed by atoms with Crippen molar-refractivity contribution in [3.8, 4) is 34.4 Å². The molecule has 0 aliphatic carbocycles. The fraction of sp³-hybridized carbons (Fsp3) is 0. The van der Waals surface area contributed by atoms with Gasteiger partial charge in [-0.15, -0.1) is 0 Å². The van der Waals surface area contributed by atoms with Gasteiger partial charge >= 0.3 is 0 Å². The van der Waals surface area contributed by atoms with Crippen molar-refractivity contribution in [2.75, 3.05) is 0 Å². The molecule has 0 heterocycles. The van der Waals surface area contributed by atoms with Gasteiger partial charge in [0.2, 0.25) is 0 Å². The highest BCUT2D eigenvalue weighted by atomic mass is 14.3. The fourth-order valence-corrected chi connectivity index (χ4v) is 3.98. The summed E-state index contributed by atoms with van der Waals surface area (Å²) in [6, 6.07) is 37.1. The predicted octanol–water partition coefficient (Wildman–Crippen LogP) is 7.07. The van der Waals surface area contributed by atoms with Crippen LogP contribution in [0.4, 0.5) is 0 Å². The molecule has 0 aliphatic heterocycles. The molecule has 0 saturated carbocycles. The molecule has 0 N–H and O–H groups in total. The summed E-state index contributed by atoms with van der Waals surface area (Å²) in [4.78, 5) is 0. The Labute approximate surface area is 174 Å². The molecule has 5 aromatic rings. The third-order valence-corrected chi connectivity index (χ3v) is 5.52. The number of rotatable bonds is 2. The lowest BCUT2D eigenvalue weighted by Gasteiger charge is -2.14. The molecule has 0 spiro atoms. The number of hydrogen-bond acceptors (Lipinski definition) is 2. The first-order chi connectivity index (χ1) is 14.8. The van der Waals surface area contributed by atoms with Gasteiger partial charge in [-0.25, -0.2) is 0 Å². The van der Waals surface area contributed by atoms with Crippen LogP contribution in [-0.4, -0.2) is 0 Å². The van der Waals surface area contributed by atoms with E-state index < -0.39 is 0 Å². The van der Waals surface area contributed by atoms with Crippen LogP contribution in [0.2, 0.25) is 0 Å². The topological polar surface area (TPSA) is 47.6 Å². The van der Waals surface area contributed by atoms with Crippen LogP contribution in [0.25, 0.3) is 43.8 Å². The second-order valence-electron chi connectivity index (χ2n) is 7.29. The summed E-state index contributed by atoms with van der Waals surface area (Å²) in [6.07, 6.45) is 0. The highest BCUT2D eigenvalue weighted by molar-refractivity contribution is 5.95. The van der Waals surface area contributed by atoms with Gasteiger partial charge in [0.05, 0.1) is 11.1 Å². The number of nitrogens with zero attached hydrogens (tertiary/aromatic N) is 2.